The van der Waals surface area contributed by atoms with Gasteiger partial charge in [0.05, 0.1) is 5.52 Å². The summed E-state index contributed by atoms with van der Waals surface area (Å²) in [7, 11) is 0. The van der Waals surface area contributed by atoms with Gasteiger partial charge in [0, 0.05) is 17.6 Å². The van der Waals surface area contributed by atoms with Gasteiger partial charge in [0.15, 0.2) is 5.82 Å². The minimum atomic E-state index is -0.463. The van der Waals surface area contributed by atoms with Crippen molar-refractivity contribution < 1.29 is 5.11 Å². The summed E-state index contributed by atoms with van der Waals surface area (Å²) in [6.07, 6.45) is 0. The second-order valence-electron chi connectivity index (χ2n) is 4.15. The zero-order valence-corrected chi connectivity index (χ0v) is 10.3. The minimum Gasteiger partial charge on any atom is -0.388 e. The van der Waals surface area contributed by atoms with Crippen molar-refractivity contribution in [1.29, 1.82) is 0 Å². The molecule has 0 aliphatic carbocycles. The van der Waals surface area contributed by atoms with Gasteiger partial charge in [0.1, 0.15) is 12.3 Å². The van der Waals surface area contributed by atoms with Crippen LogP contribution in [0.1, 0.15) is 12.7 Å². The molecule has 19 heavy (non-hydrogen) atoms. The van der Waals surface area contributed by atoms with Gasteiger partial charge in [-0.15, -0.1) is 5.10 Å². The van der Waals surface area contributed by atoms with Gasteiger partial charge in [-0.3, -0.25) is 0 Å². The lowest BCUT2D eigenvalue weighted by Gasteiger charge is -2.04. The van der Waals surface area contributed by atoms with Crippen LogP contribution in [0.25, 0.3) is 16.6 Å². The fourth-order valence-electron chi connectivity index (χ4n) is 2.06. The molecule has 3 N–H and O–H groups in total. The largest absolute Gasteiger partial charge is 0.388 e. The highest BCUT2D eigenvalue weighted by Gasteiger charge is 2.10. The molecule has 0 saturated carbocycles. The van der Waals surface area contributed by atoms with Crippen LogP contribution in [0.4, 0.5) is 5.69 Å². The number of aromatic nitrogens is 4. The minimum absolute atomic E-state index is 0.254. The zero-order valence-electron chi connectivity index (χ0n) is 10.3. The van der Waals surface area contributed by atoms with E-state index in [4.69, 9.17) is 5.11 Å². The molecule has 0 atom stereocenters. The molecule has 0 saturated heterocycles. The standard InChI is InChI=1S/C12H13N5O2/c1-2-13-7-3-4-9-8(5-7)11-15-10(6-18)16-17(11)12(19)14-9/h3-5,13,18H,2,6H2,1H3,(H,15,16). The molecule has 0 aliphatic heterocycles. The maximum atomic E-state index is 11.8. The molecule has 0 aliphatic rings. The second kappa shape index (κ2) is 4.36. The van der Waals surface area contributed by atoms with Crippen molar-refractivity contribution in [2.45, 2.75) is 13.5 Å². The predicted octanol–water partition coefficient (Wildman–Crippen LogP) is 0.495. The summed E-state index contributed by atoms with van der Waals surface area (Å²) in [4.78, 5) is 18.7. The van der Waals surface area contributed by atoms with Crippen molar-refractivity contribution in [3.05, 3.63) is 34.5 Å². The fraction of sp³-hybridized carbons (Fsp3) is 0.250. The third-order valence-corrected chi connectivity index (χ3v) is 2.87. The monoisotopic (exact) mass is 259 g/mol. The normalized spacial score (nSPS) is 11.3. The van der Waals surface area contributed by atoms with E-state index in [-0.39, 0.29) is 6.61 Å². The lowest BCUT2D eigenvalue weighted by Crippen LogP contribution is -2.17. The Kier molecular flexibility index (Phi) is 2.68. The number of nitrogens with one attached hydrogen (secondary N) is 2. The number of aliphatic hydroxyl groups is 1. The number of hydrogen-bond donors (Lipinski definition) is 3. The molecule has 2 aromatic heterocycles. The van der Waals surface area contributed by atoms with Crippen LogP contribution in [0.5, 0.6) is 0 Å². The van der Waals surface area contributed by atoms with E-state index >= 15 is 0 Å². The molecule has 98 valence electrons. The van der Waals surface area contributed by atoms with Crippen LogP contribution in [0.15, 0.2) is 23.0 Å². The van der Waals surface area contributed by atoms with Gasteiger partial charge >= 0.3 is 5.69 Å². The Morgan fingerprint density at radius 2 is 2.32 bits per heavy atom. The first-order valence-electron chi connectivity index (χ1n) is 5.99. The number of fused-ring (bicyclic) bond motifs is 3. The number of benzene rings is 1. The Morgan fingerprint density at radius 1 is 1.47 bits per heavy atom. The first-order chi connectivity index (χ1) is 9.22. The number of H-pyrrole nitrogens is 1. The SMILES string of the molecule is CCNc1ccc2nc(=O)n3nc(CO)[nH]c3c2c1. The number of rotatable bonds is 3. The average Bonchev–Trinajstić information content (AvgIpc) is 2.85. The lowest BCUT2D eigenvalue weighted by atomic mass is 10.2. The summed E-state index contributed by atoms with van der Waals surface area (Å²) >= 11 is 0. The van der Waals surface area contributed by atoms with Crippen LogP contribution < -0.4 is 11.0 Å². The Bertz CT molecular complexity index is 805. The van der Waals surface area contributed by atoms with Crippen LogP contribution in [0.3, 0.4) is 0 Å². The van der Waals surface area contributed by atoms with Gasteiger partial charge in [-0.2, -0.15) is 9.50 Å². The zero-order chi connectivity index (χ0) is 13.4. The third-order valence-electron chi connectivity index (χ3n) is 2.87. The predicted molar refractivity (Wildman–Crippen MR) is 71.2 cm³/mol. The Morgan fingerprint density at radius 3 is 3.05 bits per heavy atom. The highest BCUT2D eigenvalue weighted by Crippen LogP contribution is 2.19. The smallest absolute Gasteiger partial charge is 0.370 e. The number of hydrogen-bond acceptors (Lipinski definition) is 5. The van der Waals surface area contributed by atoms with Crippen molar-refractivity contribution in [1.82, 2.24) is 19.6 Å². The number of anilines is 1. The van der Waals surface area contributed by atoms with E-state index in [1.807, 2.05) is 19.1 Å². The summed E-state index contributed by atoms with van der Waals surface area (Å²) in [6, 6.07) is 5.56. The summed E-state index contributed by atoms with van der Waals surface area (Å²) in [5.74, 6) is 0.334. The number of aliphatic hydroxyl groups excluding tert-OH is 1. The van der Waals surface area contributed by atoms with Crippen molar-refractivity contribution in [3.8, 4) is 0 Å². The Hall–Kier alpha value is -2.41. The first kappa shape index (κ1) is 11.7. The molecule has 3 rings (SSSR count). The third kappa shape index (κ3) is 1.84. The van der Waals surface area contributed by atoms with Crippen LogP contribution in [-0.4, -0.2) is 31.2 Å². The molecular weight excluding hydrogens is 246 g/mol. The van der Waals surface area contributed by atoms with E-state index in [1.165, 1.54) is 4.52 Å². The molecule has 2 heterocycles. The average molecular weight is 259 g/mol. The van der Waals surface area contributed by atoms with Crippen LogP contribution in [0.2, 0.25) is 0 Å². The van der Waals surface area contributed by atoms with Crippen molar-refractivity contribution in [2.24, 2.45) is 0 Å². The van der Waals surface area contributed by atoms with Crippen molar-refractivity contribution >= 4 is 22.2 Å². The fourth-order valence-corrected chi connectivity index (χ4v) is 2.06. The number of nitrogens with zero attached hydrogens (tertiary/aromatic N) is 3. The summed E-state index contributed by atoms with van der Waals surface area (Å²) in [5.41, 5.74) is 1.62. The molecule has 0 radical (unpaired) electrons. The number of aromatic amines is 1. The maximum absolute atomic E-state index is 11.8. The maximum Gasteiger partial charge on any atom is 0.370 e. The first-order valence-corrected chi connectivity index (χ1v) is 5.99. The van der Waals surface area contributed by atoms with Gasteiger partial charge in [0.25, 0.3) is 0 Å². The van der Waals surface area contributed by atoms with Gasteiger partial charge in [-0.25, -0.2) is 4.79 Å². The molecule has 1 aromatic carbocycles. The molecule has 7 nitrogen and oxygen atoms in total. The summed E-state index contributed by atoms with van der Waals surface area (Å²) in [6.45, 7) is 2.56. The topological polar surface area (TPSA) is 95.3 Å². The van der Waals surface area contributed by atoms with E-state index in [2.05, 4.69) is 20.4 Å². The highest BCUT2D eigenvalue weighted by atomic mass is 16.3. The molecule has 3 aromatic rings. The van der Waals surface area contributed by atoms with Gasteiger partial charge < -0.3 is 15.4 Å². The molecule has 0 amide bonds. The second-order valence-corrected chi connectivity index (χ2v) is 4.15. The quantitative estimate of drug-likeness (QED) is 0.636. The van der Waals surface area contributed by atoms with E-state index in [9.17, 15) is 4.79 Å². The van der Waals surface area contributed by atoms with E-state index < -0.39 is 5.69 Å². The molecule has 0 fully saturated rings. The van der Waals surface area contributed by atoms with E-state index in [1.54, 1.807) is 6.07 Å². The summed E-state index contributed by atoms with van der Waals surface area (Å²) in [5, 5.41) is 17.1. The molecule has 7 heteroatoms. The van der Waals surface area contributed by atoms with Crippen LogP contribution in [0, 0.1) is 0 Å². The Labute approximate surface area is 107 Å². The molecule has 0 bridgehead atoms. The lowest BCUT2D eigenvalue weighted by molar-refractivity contribution is 0.271. The summed E-state index contributed by atoms with van der Waals surface area (Å²) < 4.78 is 1.17. The van der Waals surface area contributed by atoms with E-state index in [0.29, 0.717) is 17.0 Å². The van der Waals surface area contributed by atoms with Gasteiger partial charge in [-0.1, -0.05) is 0 Å². The van der Waals surface area contributed by atoms with E-state index in [0.717, 1.165) is 17.6 Å². The van der Waals surface area contributed by atoms with Crippen molar-refractivity contribution in [3.63, 3.8) is 0 Å². The molecule has 0 spiro atoms. The molecule has 0 unspecified atom stereocenters. The van der Waals surface area contributed by atoms with Crippen molar-refractivity contribution in [2.75, 3.05) is 11.9 Å². The highest BCUT2D eigenvalue weighted by molar-refractivity contribution is 5.93. The van der Waals surface area contributed by atoms with Crippen LogP contribution >= 0.6 is 0 Å². The molecular formula is C12H13N5O2. The van der Waals surface area contributed by atoms with Gasteiger partial charge in [-0.05, 0) is 25.1 Å². The Balaban J connectivity index is 2.37. The van der Waals surface area contributed by atoms with Crippen LogP contribution in [-0.2, 0) is 6.61 Å². The van der Waals surface area contributed by atoms with Gasteiger partial charge in [0.2, 0.25) is 0 Å².